The molecule has 0 aliphatic heterocycles. The molecular weight excluding hydrogens is 823 g/mol. The highest BCUT2D eigenvalue weighted by Crippen LogP contribution is 2.45. The summed E-state index contributed by atoms with van der Waals surface area (Å²) < 4.78 is 0. The fourth-order valence-electron chi connectivity index (χ4n) is 10.3. The van der Waals surface area contributed by atoms with Gasteiger partial charge in [-0.1, -0.05) is 220 Å². The SMILES string of the molecule is CCCc1cccc(-c2ccc3c(ccc4ccccc43)c2)c1-c1ccccc1-c1c(C)cccc1-c1cccc(-c2nc(-c3ccccc3)nc(-c3ccc4ccc5ccccc5c4c3)n2)c1. The van der Waals surface area contributed by atoms with Crippen LogP contribution in [0.25, 0.3) is 122 Å². The highest BCUT2D eigenvalue weighted by Gasteiger charge is 2.21. The summed E-state index contributed by atoms with van der Waals surface area (Å²) in [6, 6.07) is 81.1. The van der Waals surface area contributed by atoms with E-state index in [0.29, 0.717) is 17.5 Å². The van der Waals surface area contributed by atoms with E-state index in [1.54, 1.807) is 0 Å². The minimum absolute atomic E-state index is 0.629. The van der Waals surface area contributed by atoms with Gasteiger partial charge in [0.25, 0.3) is 0 Å². The van der Waals surface area contributed by atoms with Crippen molar-refractivity contribution in [2.45, 2.75) is 26.7 Å². The molecule has 322 valence electrons. The zero-order chi connectivity index (χ0) is 45.6. The second kappa shape index (κ2) is 17.4. The summed E-state index contributed by atoms with van der Waals surface area (Å²) in [7, 11) is 0. The van der Waals surface area contributed by atoms with E-state index >= 15 is 0 Å². The average Bonchev–Trinajstić information content (AvgIpc) is 3.40. The smallest absolute Gasteiger partial charge is 0.164 e. The molecule has 0 N–H and O–H groups in total. The predicted molar refractivity (Wildman–Crippen MR) is 287 cm³/mol. The Bertz CT molecular complexity index is 3890. The van der Waals surface area contributed by atoms with Crippen LogP contribution in [-0.2, 0) is 6.42 Å². The maximum absolute atomic E-state index is 5.25. The van der Waals surface area contributed by atoms with Crippen LogP contribution in [0.1, 0.15) is 24.5 Å². The van der Waals surface area contributed by atoms with E-state index in [1.807, 2.05) is 18.2 Å². The largest absolute Gasteiger partial charge is 0.208 e. The van der Waals surface area contributed by atoms with Crippen LogP contribution in [0.4, 0.5) is 0 Å². The molecule has 1 heterocycles. The summed E-state index contributed by atoms with van der Waals surface area (Å²) in [5.74, 6) is 1.91. The summed E-state index contributed by atoms with van der Waals surface area (Å²) in [6.45, 7) is 4.51. The Hall–Kier alpha value is -8.53. The van der Waals surface area contributed by atoms with Crippen LogP contribution in [0, 0.1) is 6.92 Å². The van der Waals surface area contributed by atoms with Crippen LogP contribution in [0.2, 0.25) is 0 Å². The van der Waals surface area contributed by atoms with Crippen molar-refractivity contribution in [2.75, 3.05) is 0 Å². The lowest BCUT2D eigenvalue weighted by molar-refractivity contribution is 0.924. The van der Waals surface area contributed by atoms with Crippen LogP contribution < -0.4 is 0 Å². The van der Waals surface area contributed by atoms with Crippen LogP contribution >= 0.6 is 0 Å². The molecule has 0 aliphatic carbocycles. The van der Waals surface area contributed by atoms with E-state index in [2.05, 4.69) is 220 Å². The third kappa shape index (κ3) is 7.39. The molecule has 0 bridgehead atoms. The topological polar surface area (TPSA) is 38.7 Å². The van der Waals surface area contributed by atoms with Gasteiger partial charge in [0.15, 0.2) is 17.5 Å². The fraction of sp³-hybridized carbons (Fsp3) is 0.0615. The third-order valence-electron chi connectivity index (χ3n) is 13.6. The Morgan fingerprint density at radius 3 is 1.51 bits per heavy atom. The minimum atomic E-state index is 0.629. The lowest BCUT2D eigenvalue weighted by Crippen LogP contribution is -2.00. The molecule has 0 spiro atoms. The molecule has 3 heteroatoms. The van der Waals surface area contributed by atoms with Gasteiger partial charge in [-0.3, -0.25) is 0 Å². The van der Waals surface area contributed by atoms with Crippen molar-refractivity contribution >= 4 is 43.1 Å². The van der Waals surface area contributed by atoms with Crippen LogP contribution in [0.3, 0.4) is 0 Å². The molecule has 0 saturated heterocycles. The van der Waals surface area contributed by atoms with Gasteiger partial charge in [-0.25, -0.2) is 15.0 Å². The molecule has 3 nitrogen and oxygen atoms in total. The van der Waals surface area contributed by atoms with E-state index in [4.69, 9.17) is 15.0 Å². The Morgan fingerprint density at radius 2 is 0.779 bits per heavy atom. The molecule has 12 rings (SSSR count). The van der Waals surface area contributed by atoms with Crippen LogP contribution in [0.15, 0.2) is 224 Å². The third-order valence-corrected chi connectivity index (χ3v) is 13.6. The van der Waals surface area contributed by atoms with Crippen molar-refractivity contribution in [1.82, 2.24) is 15.0 Å². The number of benzene rings is 11. The minimum Gasteiger partial charge on any atom is -0.208 e. The monoisotopic (exact) mass is 869 g/mol. The number of rotatable bonds is 9. The second-order valence-electron chi connectivity index (χ2n) is 17.8. The molecular formula is C65H47N3. The highest BCUT2D eigenvalue weighted by molar-refractivity contribution is 6.10. The van der Waals surface area contributed by atoms with E-state index < -0.39 is 0 Å². The Labute approximate surface area is 397 Å². The molecule has 0 amide bonds. The van der Waals surface area contributed by atoms with Gasteiger partial charge in [-0.2, -0.15) is 0 Å². The molecule has 12 aromatic rings. The molecule has 1 aromatic heterocycles. The van der Waals surface area contributed by atoms with Crippen molar-refractivity contribution < 1.29 is 0 Å². The summed E-state index contributed by atoms with van der Waals surface area (Å²) >= 11 is 0. The first-order valence-electron chi connectivity index (χ1n) is 23.7. The standard InChI is InChI=1S/C65H47N3/c1-3-16-46-22-15-30-57(50-37-38-55-49(39-50)35-33-43-18-7-9-25-53(43)55)62(46)59-28-12-11-27-58(59)61-42(2)17-13-29-56(61)48-23-14-24-51(40-48)64-66-63(47-20-5-4-6-21-47)67-65(68-64)52-36-34-45-32-31-44-19-8-10-26-54(44)60(45)41-52/h4-15,17-41H,3,16H2,1-2H3. The zero-order valence-corrected chi connectivity index (χ0v) is 38.1. The van der Waals surface area contributed by atoms with Gasteiger partial charge in [0.2, 0.25) is 0 Å². The Morgan fingerprint density at radius 1 is 0.309 bits per heavy atom. The first kappa shape index (κ1) is 40.9. The van der Waals surface area contributed by atoms with E-state index in [0.717, 1.165) is 40.7 Å². The van der Waals surface area contributed by atoms with E-state index in [1.165, 1.54) is 87.6 Å². The van der Waals surface area contributed by atoms with Gasteiger partial charge in [0, 0.05) is 16.7 Å². The van der Waals surface area contributed by atoms with Crippen molar-refractivity contribution in [3.05, 3.63) is 236 Å². The zero-order valence-electron chi connectivity index (χ0n) is 38.1. The lowest BCUT2D eigenvalue weighted by Gasteiger charge is -2.22. The quantitative estimate of drug-likeness (QED) is 0.136. The Kier molecular flexibility index (Phi) is 10.5. The summed E-state index contributed by atoms with van der Waals surface area (Å²) in [5, 5.41) is 9.83. The molecule has 0 fully saturated rings. The Balaban J connectivity index is 0.998. The number of nitrogens with zero attached hydrogens (tertiary/aromatic N) is 3. The summed E-state index contributed by atoms with van der Waals surface area (Å²) in [5.41, 5.74) is 15.0. The lowest BCUT2D eigenvalue weighted by atomic mass is 9.82. The highest BCUT2D eigenvalue weighted by atomic mass is 15.0. The first-order chi connectivity index (χ1) is 33.6. The average molecular weight is 870 g/mol. The number of hydrogen-bond acceptors (Lipinski definition) is 3. The molecule has 0 radical (unpaired) electrons. The summed E-state index contributed by atoms with van der Waals surface area (Å²) in [4.78, 5) is 15.6. The fourth-order valence-corrected chi connectivity index (χ4v) is 10.3. The number of aromatic nitrogens is 3. The second-order valence-corrected chi connectivity index (χ2v) is 17.8. The first-order valence-corrected chi connectivity index (χ1v) is 23.7. The normalized spacial score (nSPS) is 11.5. The van der Waals surface area contributed by atoms with Gasteiger partial charge < -0.3 is 0 Å². The van der Waals surface area contributed by atoms with Crippen LogP contribution in [-0.4, -0.2) is 15.0 Å². The summed E-state index contributed by atoms with van der Waals surface area (Å²) in [6.07, 6.45) is 2.03. The molecule has 0 saturated carbocycles. The van der Waals surface area contributed by atoms with Crippen molar-refractivity contribution in [3.63, 3.8) is 0 Å². The van der Waals surface area contributed by atoms with E-state index in [-0.39, 0.29) is 0 Å². The van der Waals surface area contributed by atoms with Gasteiger partial charge in [0.05, 0.1) is 0 Å². The maximum atomic E-state index is 5.25. The van der Waals surface area contributed by atoms with Crippen molar-refractivity contribution in [1.29, 1.82) is 0 Å². The molecule has 0 atom stereocenters. The van der Waals surface area contributed by atoms with Crippen molar-refractivity contribution in [2.24, 2.45) is 0 Å². The van der Waals surface area contributed by atoms with Crippen LogP contribution in [0.5, 0.6) is 0 Å². The van der Waals surface area contributed by atoms with Gasteiger partial charge >= 0.3 is 0 Å². The number of hydrogen-bond donors (Lipinski definition) is 0. The van der Waals surface area contributed by atoms with E-state index in [9.17, 15) is 0 Å². The molecule has 68 heavy (non-hydrogen) atoms. The predicted octanol–water partition coefficient (Wildman–Crippen LogP) is 17.4. The molecule has 0 aliphatic rings. The molecule has 0 unspecified atom stereocenters. The van der Waals surface area contributed by atoms with Gasteiger partial charge in [0.1, 0.15) is 0 Å². The van der Waals surface area contributed by atoms with Gasteiger partial charge in [-0.15, -0.1) is 0 Å². The number of fused-ring (bicyclic) bond motifs is 6. The number of aryl methyl sites for hydroxylation is 2. The molecule has 11 aromatic carbocycles. The van der Waals surface area contributed by atoms with Gasteiger partial charge in [-0.05, 0) is 130 Å². The van der Waals surface area contributed by atoms with Crippen molar-refractivity contribution in [3.8, 4) is 78.7 Å². The maximum Gasteiger partial charge on any atom is 0.164 e.